The summed E-state index contributed by atoms with van der Waals surface area (Å²) in [5.74, 6) is 0.708. The molecular formula is C21H15Cl2N3O2. The first-order chi connectivity index (χ1) is 13.7. The Labute approximate surface area is 171 Å². The van der Waals surface area contributed by atoms with Gasteiger partial charge in [-0.2, -0.15) is 10.1 Å². The molecule has 5 nitrogen and oxygen atoms in total. The van der Waals surface area contributed by atoms with Crippen molar-refractivity contribution in [3.63, 3.8) is 0 Å². The Morgan fingerprint density at radius 1 is 0.964 bits per heavy atom. The van der Waals surface area contributed by atoms with E-state index in [0.717, 1.165) is 16.6 Å². The summed E-state index contributed by atoms with van der Waals surface area (Å²) in [5, 5.41) is 5.32. The van der Waals surface area contributed by atoms with Gasteiger partial charge < -0.3 is 9.15 Å². The van der Waals surface area contributed by atoms with Crippen molar-refractivity contribution in [3.8, 4) is 5.75 Å². The Morgan fingerprint density at radius 3 is 2.46 bits per heavy atom. The van der Waals surface area contributed by atoms with Crippen molar-refractivity contribution in [2.24, 2.45) is 5.10 Å². The largest absolute Gasteiger partial charge is 0.489 e. The van der Waals surface area contributed by atoms with E-state index in [1.807, 2.05) is 48.5 Å². The number of benzene rings is 3. The van der Waals surface area contributed by atoms with Gasteiger partial charge in [0.05, 0.1) is 6.21 Å². The predicted octanol–water partition coefficient (Wildman–Crippen LogP) is 6.16. The minimum atomic E-state index is 0.297. The van der Waals surface area contributed by atoms with Crippen molar-refractivity contribution < 1.29 is 9.15 Å². The first kappa shape index (κ1) is 18.3. The average molecular weight is 412 g/mol. The van der Waals surface area contributed by atoms with Gasteiger partial charge in [0.1, 0.15) is 17.9 Å². The van der Waals surface area contributed by atoms with E-state index in [9.17, 15) is 0 Å². The number of anilines is 1. The fourth-order valence-corrected chi connectivity index (χ4v) is 3.06. The Morgan fingerprint density at radius 2 is 1.71 bits per heavy atom. The second-order valence-corrected chi connectivity index (χ2v) is 6.73. The van der Waals surface area contributed by atoms with Crippen LogP contribution in [0.15, 0.2) is 76.2 Å². The lowest BCUT2D eigenvalue weighted by Crippen LogP contribution is -1.97. The van der Waals surface area contributed by atoms with Crippen molar-refractivity contribution in [2.75, 3.05) is 5.43 Å². The first-order valence-electron chi connectivity index (χ1n) is 8.49. The Hall–Kier alpha value is -3.02. The van der Waals surface area contributed by atoms with Crippen LogP contribution in [0.4, 0.5) is 6.01 Å². The number of halogens is 2. The predicted molar refractivity (Wildman–Crippen MR) is 112 cm³/mol. The van der Waals surface area contributed by atoms with Crippen LogP contribution < -0.4 is 10.2 Å². The van der Waals surface area contributed by atoms with Crippen LogP contribution in [0.25, 0.3) is 11.1 Å². The molecule has 1 heterocycles. The standard InChI is InChI=1S/C21H15Cl2N3O2/c22-17-4-3-5-18(23)16(17)13-27-15-10-8-14(9-11-15)12-24-26-21-25-19-6-1-2-7-20(19)28-21/h1-12H,13H2,(H,25,26)/b24-12-. The molecule has 0 fully saturated rings. The average Bonchev–Trinajstić information content (AvgIpc) is 3.11. The number of nitrogens with zero attached hydrogens (tertiary/aromatic N) is 2. The number of fused-ring (bicyclic) bond motifs is 1. The minimum absolute atomic E-state index is 0.297. The number of ether oxygens (including phenoxy) is 1. The molecule has 0 aliphatic rings. The molecule has 3 aromatic carbocycles. The second-order valence-electron chi connectivity index (χ2n) is 5.91. The van der Waals surface area contributed by atoms with Crippen LogP contribution in [0.5, 0.6) is 5.75 Å². The molecule has 0 radical (unpaired) electrons. The van der Waals surface area contributed by atoms with Crippen LogP contribution >= 0.6 is 23.2 Å². The summed E-state index contributed by atoms with van der Waals surface area (Å²) in [5.41, 5.74) is 5.93. The minimum Gasteiger partial charge on any atom is -0.489 e. The van der Waals surface area contributed by atoms with E-state index in [2.05, 4.69) is 15.5 Å². The lowest BCUT2D eigenvalue weighted by molar-refractivity contribution is 0.306. The van der Waals surface area contributed by atoms with E-state index in [-0.39, 0.29) is 0 Å². The zero-order valence-corrected chi connectivity index (χ0v) is 16.1. The maximum absolute atomic E-state index is 6.15. The molecular weight excluding hydrogens is 397 g/mol. The summed E-state index contributed by atoms with van der Waals surface area (Å²) < 4.78 is 11.3. The van der Waals surface area contributed by atoms with E-state index in [1.165, 1.54) is 0 Å². The molecule has 28 heavy (non-hydrogen) atoms. The number of aromatic nitrogens is 1. The monoisotopic (exact) mass is 411 g/mol. The van der Waals surface area contributed by atoms with Crippen LogP contribution in [-0.2, 0) is 6.61 Å². The molecule has 1 N–H and O–H groups in total. The van der Waals surface area contributed by atoms with Crippen LogP contribution in [0.2, 0.25) is 10.0 Å². The number of hydrogen-bond acceptors (Lipinski definition) is 5. The van der Waals surface area contributed by atoms with Gasteiger partial charge in [0.15, 0.2) is 5.58 Å². The van der Waals surface area contributed by atoms with Crippen LogP contribution in [0.3, 0.4) is 0 Å². The highest BCUT2D eigenvalue weighted by atomic mass is 35.5. The fraction of sp³-hybridized carbons (Fsp3) is 0.0476. The van der Waals surface area contributed by atoms with Gasteiger partial charge in [-0.1, -0.05) is 41.4 Å². The van der Waals surface area contributed by atoms with E-state index in [0.29, 0.717) is 34.0 Å². The van der Waals surface area contributed by atoms with E-state index < -0.39 is 0 Å². The number of nitrogens with one attached hydrogen (secondary N) is 1. The molecule has 140 valence electrons. The highest BCUT2D eigenvalue weighted by Gasteiger charge is 2.06. The quantitative estimate of drug-likeness (QED) is 0.304. The van der Waals surface area contributed by atoms with Crippen molar-refractivity contribution in [2.45, 2.75) is 6.61 Å². The molecule has 0 spiro atoms. The molecule has 0 aliphatic heterocycles. The molecule has 0 saturated carbocycles. The smallest absolute Gasteiger partial charge is 0.316 e. The van der Waals surface area contributed by atoms with Gasteiger partial charge in [0.2, 0.25) is 0 Å². The van der Waals surface area contributed by atoms with Gasteiger partial charge in [0, 0.05) is 15.6 Å². The van der Waals surface area contributed by atoms with Crippen molar-refractivity contribution >= 4 is 46.5 Å². The van der Waals surface area contributed by atoms with Crippen molar-refractivity contribution in [1.82, 2.24) is 4.98 Å². The van der Waals surface area contributed by atoms with Gasteiger partial charge in [-0.3, -0.25) is 0 Å². The second kappa shape index (κ2) is 8.33. The number of hydrazone groups is 1. The van der Waals surface area contributed by atoms with Gasteiger partial charge >= 0.3 is 6.01 Å². The van der Waals surface area contributed by atoms with E-state index in [1.54, 1.807) is 24.4 Å². The molecule has 4 rings (SSSR count). The Kier molecular flexibility index (Phi) is 5.46. The maximum atomic E-state index is 6.15. The molecule has 0 saturated heterocycles. The SMILES string of the molecule is Clc1cccc(Cl)c1COc1ccc(/C=N\Nc2nc3ccccc3o2)cc1. The van der Waals surface area contributed by atoms with Crippen molar-refractivity contribution in [3.05, 3.63) is 87.9 Å². The lowest BCUT2D eigenvalue weighted by atomic mass is 10.2. The van der Waals surface area contributed by atoms with Gasteiger partial charge in [-0.25, -0.2) is 5.43 Å². The zero-order valence-electron chi connectivity index (χ0n) is 14.6. The third-order valence-corrected chi connectivity index (χ3v) is 4.70. The molecule has 1 aromatic heterocycles. The number of oxazole rings is 1. The number of para-hydroxylation sites is 2. The van der Waals surface area contributed by atoms with Gasteiger partial charge in [-0.15, -0.1) is 0 Å². The maximum Gasteiger partial charge on any atom is 0.316 e. The highest BCUT2D eigenvalue weighted by molar-refractivity contribution is 6.35. The molecule has 0 atom stereocenters. The van der Waals surface area contributed by atoms with Crippen LogP contribution in [0.1, 0.15) is 11.1 Å². The molecule has 0 unspecified atom stereocenters. The fourth-order valence-electron chi connectivity index (χ4n) is 2.56. The summed E-state index contributed by atoms with van der Waals surface area (Å²) >= 11 is 12.3. The topological polar surface area (TPSA) is 59.6 Å². The number of rotatable bonds is 6. The summed E-state index contributed by atoms with van der Waals surface area (Å²) in [6.45, 7) is 0.297. The first-order valence-corrected chi connectivity index (χ1v) is 9.25. The molecule has 0 amide bonds. The third-order valence-electron chi connectivity index (χ3n) is 3.99. The third kappa shape index (κ3) is 4.27. The summed E-state index contributed by atoms with van der Waals surface area (Å²) in [4.78, 5) is 4.29. The molecule has 4 aromatic rings. The summed E-state index contributed by atoms with van der Waals surface area (Å²) in [6, 6.07) is 20.7. The van der Waals surface area contributed by atoms with Gasteiger partial charge in [0.25, 0.3) is 0 Å². The normalized spacial score (nSPS) is 11.2. The molecule has 0 bridgehead atoms. The Bertz CT molecular complexity index is 1070. The lowest BCUT2D eigenvalue weighted by Gasteiger charge is -2.09. The van der Waals surface area contributed by atoms with Crippen LogP contribution in [-0.4, -0.2) is 11.2 Å². The molecule has 7 heteroatoms. The Balaban J connectivity index is 1.35. The number of hydrogen-bond donors (Lipinski definition) is 1. The highest BCUT2D eigenvalue weighted by Crippen LogP contribution is 2.26. The van der Waals surface area contributed by atoms with E-state index in [4.69, 9.17) is 32.4 Å². The summed E-state index contributed by atoms with van der Waals surface area (Å²) in [7, 11) is 0. The van der Waals surface area contributed by atoms with Gasteiger partial charge in [-0.05, 0) is 54.1 Å². The van der Waals surface area contributed by atoms with E-state index >= 15 is 0 Å². The summed E-state index contributed by atoms with van der Waals surface area (Å²) in [6.07, 6.45) is 1.67. The zero-order chi connectivity index (χ0) is 19.3. The van der Waals surface area contributed by atoms with Crippen LogP contribution in [0, 0.1) is 0 Å². The van der Waals surface area contributed by atoms with Crippen molar-refractivity contribution in [1.29, 1.82) is 0 Å². The molecule has 0 aliphatic carbocycles.